The highest BCUT2D eigenvalue weighted by atomic mass is 35.5. The minimum absolute atomic E-state index is 0.112. The van der Waals surface area contributed by atoms with Gasteiger partial charge in [-0.15, -0.1) is 0 Å². The Morgan fingerprint density at radius 1 is 0.941 bits per heavy atom. The van der Waals surface area contributed by atoms with Crippen LogP contribution in [0.4, 0.5) is 0 Å². The van der Waals surface area contributed by atoms with Crippen molar-refractivity contribution in [3.8, 4) is 0 Å². The minimum atomic E-state index is -0.313. The van der Waals surface area contributed by atoms with Crippen LogP contribution in [0.25, 0.3) is 11.0 Å². The van der Waals surface area contributed by atoms with Gasteiger partial charge in [0.05, 0.1) is 6.54 Å². The number of hydrogen-bond acceptors (Lipinski definition) is 3. The van der Waals surface area contributed by atoms with Crippen LogP contribution >= 0.6 is 11.6 Å². The number of aromatic nitrogens is 2. The van der Waals surface area contributed by atoms with Gasteiger partial charge >= 0.3 is 0 Å². The minimum Gasteiger partial charge on any atom is -0.349 e. The third-order valence-electron chi connectivity index (χ3n) is 6.79. The van der Waals surface area contributed by atoms with Crippen LogP contribution in [-0.4, -0.2) is 21.5 Å². The van der Waals surface area contributed by atoms with E-state index in [0.29, 0.717) is 17.2 Å². The Labute approximate surface area is 206 Å². The zero-order valence-electron chi connectivity index (χ0n) is 19.8. The molecular formula is C28H34ClN3O2. The molecule has 0 unspecified atom stereocenters. The highest BCUT2D eigenvalue weighted by Crippen LogP contribution is 2.18. The van der Waals surface area contributed by atoms with Gasteiger partial charge in [-0.05, 0) is 48.7 Å². The molecule has 1 amide bonds. The van der Waals surface area contributed by atoms with Crippen LogP contribution in [0.15, 0.2) is 53.5 Å². The first-order valence-corrected chi connectivity index (χ1v) is 13.0. The molecule has 4 rings (SSSR count). The van der Waals surface area contributed by atoms with Crippen LogP contribution in [0.3, 0.4) is 0 Å². The summed E-state index contributed by atoms with van der Waals surface area (Å²) in [6.07, 6.45) is 14.8. The molecule has 1 aliphatic carbocycles. The third-order valence-corrected chi connectivity index (χ3v) is 7.04. The van der Waals surface area contributed by atoms with E-state index in [1.54, 1.807) is 29.0 Å². The molecule has 6 heteroatoms. The lowest BCUT2D eigenvalue weighted by atomic mass is 9.97. The summed E-state index contributed by atoms with van der Waals surface area (Å²) in [7, 11) is 0. The summed E-state index contributed by atoms with van der Waals surface area (Å²) in [4.78, 5) is 31.3. The molecule has 0 radical (unpaired) electrons. The average Bonchev–Trinajstić information content (AvgIpc) is 2.83. The molecule has 1 aromatic carbocycles. The van der Waals surface area contributed by atoms with E-state index in [1.807, 2.05) is 24.3 Å². The van der Waals surface area contributed by atoms with Gasteiger partial charge in [-0.25, -0.2) is 4.98 Å². The van der Waals surface area contributed by atoms with E-state index in [-0.39, 0.29) is 23.1 Å². The van der Waals surface area contributed by atoms with Crippen LogP contribution < -0.4 is 10.9 Å². The standard InChI is InChI=1S/C28H34ClN3O2/c29-23-16-14-21(15-17-23)20-32-26-22(11-10-18-30-26)19-25(28(32)34)27(33)31-24-12-8-6-4-2-1-3-5-7-9-13-24/h10-11,14-19,24H,1-9,12-13,20H2,(H,31,33). The highest BCUT2D eigenvalue weighted by molar-refractivity contribution is 6.30. The number of nitrogens with one attached hydrogen (secondary N) is 1. The van der Waals surface area contributed by atoms with E-state index < -0.39 is 0 Å². The predicted octanol–water partition coefficient (Wildman–Crippen LogP) is 6.50. The van der Waals surface area contributed by atoms with Crippen LogP contribution in [-0.2, 0) is 6.54 Å². The zero-order valence-corrected chi connectivity index (χ0v) is 20.5. The monoisotopic (exact) mass is 479 g/mol. The lowest BCUT2D eigenvalue weighted by Gasteiger charge is -2.20. The number of nitrogens with zero attached hydrogens (tertiary/aromatic N) is 2. The molecule has 180 valence electrons. The van der Waals surface area contributed by atoms with Gasteiger partial charge in [0.15, 0.2) is 0 Å². The molecule has 3 aromatic rings. The van der Waals surface area contributed by atoms with Crippen molar-refractivity contribution in [3.05, 3.63) is 75.2 Å². The average molecular weight is 480 g/mol. The second-order valence-corrected chi connectivity index (χ2v) is 9.86. The molecule has 0 atom stereocenters. The molecule has 0 spiro atoms. The number of amides is 1. The summed E-state index contributed by atoms with van der Waals surface area (Å²) in [5, 5.41) is 4.62. The largest absolute Gasteiger partial charge is 0.349 e. The second-order valence-electron chi connectivity index (χ2n) is 9.42. The van der Waals surface area contributed by atoms with E-state index in [0.717, 1.165) is 36.6 Å². The van der Waals surface area contributed by atoms with Crippen molar-refractivity contribution < 1.29 is 4.79 Å². The second kappa shape index (κ2) is 12.2. The van der Waals surface area contributed by atoms with E-state index in [9.17, 15) is 9.59 Å². The summed E-state index contributed by atoms with van der Waals surface area (Å²) in [5.74, 6) is -0.280. The summed E-state index contributed by atoms with van der Waals surface area (Å²) in [6.45, 7) is 0.327. The summed E-state index contributed by atoms with van der Waals surface area (Å²) in [5.41, 5.74) is 1.37. The smallest absolute Gasteiger partial charge is 0.265 e. The van der Waals surface area contributed by atoms with Crippen LogP contribution in [0.2, 0.25) is 5.02 Å². The number of fused-ring (bicyclic) bond motifs is 1. The lowest BCUT2D eigenvalue weighted by Crippen LogP contribution is -2.39. The normalized spacial score (nSPS) is 16.5. The fraction of sp³-hybridized carbons (Fsp3) is 0.464. The number of carbonyl (C=O) groups is 1. The fourth-order valence-electron chi connectivity index (χ4n) is 4.86. The fourth-order valence-corrected chi connectivity index (χ4v) is 4.98. The Hall–Kier alpha value is -2.66. The van der Waals surface area contributed by atoms with Gasteiger partial charge in [0.2, 0.25) is 0 Å². The molecule has 5 nitrogen and oxygen atoms in total. The Bertz CT molecular complexity index is 1140. The quantitative estimate of drug-likeness (QED) is 0.464. The Balaban J connectivity index is 1.58. The molecule has 1 fully saturated rings. The van der Waals surface area contributed by atoms with Crippen molar-refractivity contribution in [2.45, 2.75) is 83.2 Å². The van der Waals surface area contributed by atoms with Crippen molar-refractivity contribution in [2.24, 2.45) is 0 Å². The summed E-state index contributed by atoms with van der Waals surface area (Å²) in [6, 6.07) is 12.9. The first kappa shape index (κ1) is 24.5. The number of benzene rings is 1. The van der Waals surface area contributed by atoms with Crippen molar-refractivity contribution >= 4 is 28.5 Å². The maximum atomic E-state index is 13.5. The van der Waals surface area contributed by atoms with Crippen molar-refractivity contribution in [2.75, 3.05) is 0 Å². The van der Waals surface area contributed by atoms with Gasteiger partial charge in [-0.2, -0.15) is 0 Å². The van der Waals surface area contributed by atoms with Crippen molar-refractivity contribution in [1.82, 2.24) is 14.9 Å². The number of hydrogen-bond donors (Lipinski definition) is 1. The topological polar surface area (TPSA) is 64.0 Å². The number of rotatable bonds is 4. The van der Waals surface area contributed by atoms with Gasteiger partial charge in [0.1, 0.15) is 11.2 Å². The number of carbonyl (C=O) groups excluding carboxylic acids is 1. The van der Waals surface area contributed by atoms with Crippen LogP contribution in [0.1, 0.15) is 86.6 Å². The van der Waals surface area contributed by atoms with Gasteiger partial charge in [-0.1, -0.05) is 81.5 Å². The maximum Gasteiger partial charge on any atom is 0.265 e. The van der Waals surface area contributed by atoms with E-state index in [4.69, 9.17) is 11.6 Å². The van der Waals surface area contributed by atoms with E-state index in [2.05, 4.69) is 10.3 Å². The Morgan fingerprint density at radius 3 is 2.21 bits per heavy atom. The first-order chi connectivity index (χ1) is 16.6. The highest BCUT2D eigenvalue weighted by Gasteiger charge is 2.20. The van der Waals surface area contributed by atoms with Gasteiger partial charge in [-0.3, -0.25) is 14.2 Å². The molecule has 1 saturated carbocycles. The molecule has 0 saturated heterocycles. The number of halogens is 1. The molecular weight excluding hydrogens is 446 g/mol. The SMILES string of the molecule is O=C(NC1CCCCCCCCCCC1)c1cc2cccnc2n(Cc2ccc(Cl)cc2)c1=O. The van der Waals surface area contributed by atoms with E-state index >= 15 is 0 Å². The van der Waals surface area contributed by atoms with Gasteiger partial charge in [0.25, 0.3) is 11.5 Å². The Morgan fingerprint density at radius 2 is 1.56 bits per heavy atom. The molecule has 0 aliphatic heterocycles. The lowest BCUT2D eigenvalue weighted by molar-refractivity contribution is 0.0929. The molecule has 0 bridgehead atoms. The third kappa shape index (κ3) is 6.47. The molecule has 1 aliphatic rings. The number of pyridine rings is 2. The van der Waals surface area contributed by atoms with Crippen LogP contribution in [0, 0.1) is 0 Å². The van der Waals surface area contributed by atoms with Crippen molar-refractivity contribution in [1.29, 1.82) is 0 Å². The van der Waals surface area contributed by atoms with Crippen LogP contribution in [0.5, 0.6) is 0 Å². The summed E-state index contributed by atoms with van der Waals surface area (Å²) < 4.78 is 1.59. The molecule has 1 N–H and O–H groups in total. The zero-order chi connectivity index (χ0) is 23.8. The molecule has 34 heavy (non-hydrogen) atoms. The molecule has 2 heterocycles. The van der Waals surface area contributed by atoms with E-state index in [1.165, 1.54) is 44.9 Å². The maximum absolute atomic E-state index is 13.5. The van der Waals surface area contributed by atoms with Gasteiger partial charge in [0, 0.05) is 22.6 Å². The first-order valence-electron chi connectivity index (χ1n) is 12.7. The van der Waals surface area contributed by atoms with Gasteiger partial charge < -0.3 is 5.32 Å². The predicted molar refractivity (Wildman–Crippen MR) is 139 cm³/mol. The van der Waals surface area contributed by atoms with Crippen molar-refractivity contribution in [3.63, 3.8) is 0 Å². The summed E-state index contributed by atoms with van der Waals surface area (Å²) >= 11 is 6.02. The molecule has 2 aromatic heterocycles. The Kier molecular flexibility index (Phi) is 8.75.